The molecule has 0 unspecified atom stereocenters. The van der Waals surface area contributed by atoms with Gasteiger partial charge in [-0.15, -0.1) is 20.4 Å². The smallest absolute Gasteiger partial charge is 0.337 e. The van der Waals surface area contributed by atoms with Crippen molar-refractivity contribution in [2.24, 2.45) is 0 Å². The van der Waals surface area contributed by atoms with E-state index in [1.165, 1.54) is 87.9 Å². The van der Waals surface area contributed by atoms with Crippen LogP contribution in [-0.4, -0.2) is 147 Å². The number of carboxylic acids is 2. The summed E-state index contributed by atoms with van der Waals surface area (Å²) in [5.41, 5.74) is 0.638. The number of sulfonamides is 2. The van der Waals surface area contributed by atoms with E-state index in [0.29, 0.717) is 58.0 Å². The van der Waals surface area contributed by atoms with Crippen LogP contribution in [0.5, 0.6) is 23.0 Å². The fraction of sp³-hybridized carbons (Fsp3) is 0.357. The van der Waals surface area contributed by atoms with Gasteiger partial charge in [0.1, 0.15) is 34.4 Å². The van der Waals surface area contributed by atoms with Gasteiger partial charge >= 0.3 is 11.9 Å². The maximum atomic E-state index is 14.5. The highest BCUT2D eigenvalue weighted by Gasteiger charge is 2.39. The maximum Gasteiger partial charge on any atom is 0.337 e. The number of anilines is 2. The second-order valence-corrected chi connectivity index (χ2v) is 38.8. The Balaban J connectivity index is 0.000000246. The molecular weight excluding hydrogens is 1230 g/mol. The van der Waals surface area contributed by atoms with Crippen LogP contribution in [0.3, 0.4) is 0 Å². The Morgan fingerprint density at radius 3 is 1.19 bits per heavy atom. The number of carbonyl (C=O) groups is 2. The van der Waals surface area contributed by atoms with Gasteiger partial charge in [0, 0.05) is 54.5 Å². The van der Waals surface area contributed by atoms with Crippen molar-refractivity contribution in [3.63, 3.8) is 0 Å². The van der Waals surface area contributed by atoms with Gasteiger partial charge in [-0.25, -0.2) is 35.0 Å². The molecule has 460 valence electrons. The molecular formula is C56H68Cl2N10O14S2Si2. The molecule has 0 saturated carbocycles. The molecule has 0 aliphatic carbocycles. The van der Waals surface area contributed by atoms with Crippen molar-refractivity contribution in [3.8, 4) is 57.5 Å². The summed E-state index contributed by atoms with van der Waals surface area (Å²) in [6.07, 6.45) is 5.20. The number of benzene rings is 2. The van der Waals surface area contributed by atoms with Crippen molar-refractivity contribution < 1.29 is 64.4 Å². The Bertz CT molecular complexity index is 3620. The fourth-order valence-electron chi connectivity index (χ4n) is 8.90. The summed E-state index contributed by atoms with van der Waals surface area (Å²) in [7, 11) is -5.98. The lowest BCUT2D eigenvalue weighted by atomic mass is 10.1. The van der Waals surface area contributed by atoms with Gasteiger partial charge in [-0.2, -0.15) is 0 Å². The first kappa shape index (κ1) is 65.8. The number of rotatable bonds is 26. The Hall–Kier alpha value is -7.77. The molecule has 0 fully saturated rings. The summed E-state index contributed by atoms with van der Waals surface area (Å²) in [5.74, 6) is 0.210. The van der Waals surface area contributed by atoms with E-state index in [2.05, 4.69) is 69.6 Å². The third-order valence-electron chi connectivity index (χ3n) is 13.5. The average molecular weight is 1300 g/mol. The summed E-state index contributed by atoms with van der Waals surface area (Å²) in [5, 5.41) is 35.0. The van der Waals surface area contributed by atoms with E-state index in [1.54, 1.807) is 69.8 Å². The topological polar surface area (TPSA) is 300 Å². The summed E-state index contributed by atoms with van der Waals surface area (Å²) in [6.45, 7) is 16.1. The van der Waals surface area contributed by atoms with Crippen LogP contribution in [0.1, 0.15) is 46.0 Å². The minimum atomic E-state index is -4.20. The maximum absolute atomic E-state index is 14.5. The average Bonchev–Trinajstić information content (AvgIpc) is 1.69. The number of hydrogen-bond acceptors (Lipinski definition) is 18. The molecule has 0 saturated heterocycles. The van der Waals surface area contributed by atoms with E-state index in [4.69, 9.17) is 51.0 Å². The van der Waals surface area contributed by atoms with E-state index in [0.717, 1.165) is 0 Å². The standard InChI is InChI=1S/2C28H34ClN5O7SSi/c2*1-18(15-21-20(27(35)36)16-19(29)17-30-21)42(37,38)33(12-14-43(4,5)6)28-32-31-26(24-11-8-13-41-24)34(28)25-22(39-2)9-7-10-23(25)40-3/h2*7-11,13,16-18H,12,14-15H2,1-6H3,(H,35,36)/t2*18-/m10/s1. The summed E-state index contributed by atoms with van der Waals surface area (Å²) < 4.78 is 97.4. The van der Waals surface area contributed by atoms with Crippen molar-refractivity contribution in [3.05, 3.63) is 130 Å². The molecule has 0 spiro atoms. The predicted molar refractivity (Wildman–Crippen MR) is 332 cm³/mol. The highest BCUT2D eigenvalue weighted by Crippen LogP contribution is 2.42. The monoisotopic (exact) mass is 1290 g/mol. The predicted octanol–water partition coefficient (Wildman–Crippen LogP) is 10.8. The summed E-state index contributed by atoms with van der Waals surface area (Å²) in [6, 6.07) is 20.9. The lowest BCUT2D eigenvalue weighted by molar-refractivity contribution is 0.0684. The molecule has 6 heterocycles. The van der Waals surface area contributed by atoms with Crippen LogP contribution in [0.2, 0.25) is 61.4 Å². The number of methoxy groups -OCH3 is 4. The zero-order valence-corrected chi connectivity index (χ0v) is 54.6. The molecule has 0 bridgehead atoms. The molecule has 2 N–H and O–H groups in total. The van der Waals surface area contributed by atoms with E-state index < -0.39 is 58.6 Å². The molecule has 86 heavy (non-hydrogen) atoms. The third kappa shape index (κ3) is 14.9. The van der Waals surface area contributed by atoms with Crippen molar-refractivity contribution >= 4 is 83.2 Å². The quantitative estimate of drug-likeness (QED) is 0.0476. The normalized spacial score (nSPS) is 12.6. The lowest BCUT2D eigenvalue weighted by Crippen LogP contribution is -2.43. The van der Waals surface area contributed by atoms with Gasteiger partial charge in [0.25, 0.3) is 0 Å². The molecule has 2 aromatic carbocycles. The van der Waals surface area contributed by atoms with Crippen molar-refractivity contribution in [2.75, 3.05) is 50.1 Å². The van der Waals surface area contributed by atoms with Crippen LogP contribution < -0.4 is 27.6 Å². The number of hydrogen-bond donors (Lipinski definition) is 2. The number of para-hydroxylation sites is 2. The molecule has 0 aliphatic rings. The van der Waals surface area contributed by atoms with Gasteiger partial charge in [0.2, 0.25) is 43.6 Å². The number of carboxylic acid groups (broad SMARTS) is 2. The van der Waals surface area contributed by atoms with Crippen LogP contribution in [0.15, 0.2) is 107 Å². The van der Waals surface area contributed by atoms with Gasteiger partial charge in [-0.3, -0.25) is 19.1 Å². The van der Waals surface area contributed by atoms with Crippen molar-refractivity contribution in [2.45, 2.75) is 88.6 Å². The first-order chi connectivity index (χ1) is 40.6. The first-order valence-electron chi connectivity index (χ1n) is 26.8. The minimum Gasteiger partial charge on any atom is -0.494 e. The van der Waals surface area contributed by atoms with E-state index in [1.807, 2.05) is 0 Å². The zero-order chi connectivity index (χ0) is 63.1. The second kappa shape index (κ2) is 27.3. The number of aromatic carboxylic acids is 2. The van der Waals surface area contributed by atoms with Gasteiger partial charge < -0.3 is 38.0 Å². The Labute approximate surface area is 510 Å². The number of nitrogens with zero attached hydrogens (tertiary/aromatic N) is 10. The first-order valence-corrected chi connectivity index (χ1v) is 37.9. The number of furan rings is 2. The number of pyridine rings is 2. The molecule has 30 heteroatoms. The largest absolute Gasteiger partial charge is 0.494 e. The third-order valence-corrected chi connectivity index (χ3v) is 21.7. The molecule has 24 nitrogen and oxygen atoms in total. The SMILES string of the molecule is COc1cccc(OC)c1-n1c(-c2ccco2)nnc1N(CC[Si](C)(C)C)S(=O)(=O)[C@@H](C)Cc1ncc(Cl)cc1C(=O)O.COc1cccc(OC)c1-n1c(-c2ccco2)nnc1N(CC[Si](C)(C)C)S(=O)(=O)[C@H](C)Cc1ncc(Cl)cc1C(=O)O. The van der Waals surface area contributed by atoms with Gasteiger partial charge in [-0.05, 0) is 86.6 Å². The van der Waals surface area contributed by atoms with Crippen LogP contribution in [0.4, 0.5) is 11.9 Å². The van der Waals surface area contributed by atoms with Crippen molar-refractivity contribution in [1.29, 1.82) is 0 Å². The van der Waals surface area contributed by atoms with E-state index in [9.17, 15) is 36.6 Å². The van der Waals surface area contributed by atoms with Crippen LogP contribution in [-0.2, 0) is 32.9 Å². The Kier molecular flexibility index (Phi) is 20.9. The van der Waals surface area contributed by atoms with Gasteiger partial charge in [0.15, 0.2) is 11.5 Å². The minimum absolute atomic E-state index is 0.00169. The van der Waals surface area contributed by atoms with Gasteiger partial charge in [-0.1, -0.05) is 74.6 Å². The molecule has 0 radical (unpaired) electrons. The highest BCUT2D eigenvalue weighted by atomic mass is 35.5. The summed E-state index contributed by atoms with van der Waals surface area (Å²) >= 11 is 12.0. The Morgan fingerprint density at radius 2 is 0.907 bits per heavy atom. The molecule has 8 rings (SSSR count). The Morgan fingerprint density at radius 1 is 0.570 bits per heavy atom. The molecule has 2 atom stereocenters. The molecule has 0 aliphatic heterocycles. The van der Waals surface area contributed by atoms with Crippen LogP contribution in [0, 0.1) is 0 Å². The second-order valence-electron chi connectivity index (χ2n) is 22.1. The molecule has 0 amide bonds. The van der Waals surface area contributed by atoms with Crippen LogP contribution >= 0.6 is 23.2 Å². The van der Waals surface area contributed by atoms with Crippen molar-refractivity contribution in [1.82, 2.24) is 39.5 Å². The summed E-state index contributed by atoms with van der Waals surface area (Å²) in [4.78, 5) is 32.1. The number of aromatic nitrogens is 8. The highest BCUT2D eigenvalue weighted by molar-refractivity contribution is 7.93. The molecule has 6 aromatic heterocycles. The molecule has 8 aromatic rings. The zero-order valence-electron chi connectivity index (χ0n) is 49.5. The van der Waals surface area contributed by atoms with Gasteiger partial charge in [0.05, 0.1) is 84.0 Å². The van der Waals surface area contributed by atoms with Crippen LogP contribution in [0.25, 0.3) is 34.5 Å². The van der Waals surface area contributed by atoms with E-state index >= 15 is 0 Å². The lowest BCUT2D eigenvalue weighted by Gasteiger charge is -2.29. The van der Waals surface area contributed by atoms with E-state index in [-0.39, 0.29) is 82.0 Å². The number of ether oxygens (including phenoxy) is 4. The number of halogens is 2. The fourth-order valence-corrected chi connectivity index (χ4v) is 14.3.